The Morgan fingerprint density at radius 3 is 2.20 bits per heavy atom. The highest BCUT2D eigenvalue weighted by Gasteiger charge is 2.32. The van der Waals surface area contributed by atoms with E-state index >= 15 is 0 Å². The second-order valence-corrected chi connectivity index (χ2v) is 11.1. The zero-order chi connectivity index (χ0) is 26.3. The third kappa shape index (κ3) is 8.02. The van der Waals surface area contributed by atoms with Crippen molar-refractivity contribution in [2.24, 2.45) is 0 Å². The van der Waals surface area contributed by atoms with E-state index in [0.29, 0.717) is 33.5 Å². The topological polar surface area (TPSA) is 96.0 Å². The summed E-state index contributed by atoms with van der Waals surface area (Å²) in [5, 5.41) is 3.61. The fourth-order valence-electron chi connectivity index (χ4n) is 3.50. The molecule has 2 rings (SSSR count). The van der Waals surface area contributed by atoms with E-state index < -0.39 is 28.5 Å². The Hall–Kier alpha value is -2.49. The van der Waals surface area contributed by atoms with Crippen LogP contribution in [0, 0.1) is 0 Å². The van der Waals surface area contributed by atoms with Gasteiger partial charge in [0.05, 0.1) is 19.1 Å². The van der Waals surface area contributed by atoms with Crippen LogP contribution in [0.1, 0.15) is 32.8 Å². The highest BCUT2D eigenvalue weighted by molar-refractivity contribution is 7.92. The van der Waals surface area contributed by atoms with Crippen molar-refractivity contribution in [3.63, 3.8) is 0 Å². The first-order valence-electron chi connectivity index (χ1n) is 11.0. The van der Waals surface area contributed by atoms with Gasteiger partial charge in [-0.2, -0.15) is 0 Å². The van der Waals surface area contributed by atoms with E-state index in [1.54, 1.807) is 49.4 Å². The number of methoxy groups -OCH3 is 1. The van der Waals surface area contributed by atoms with Crippen LogP contribution < -0.4 is 14.4 Å². The van der Waals surface area contributed by atoms with Crippen LogP contribution in [-0.4, -0.2) is 57.1 Å². The van der Waals surface area contributed by atoms with Crippen molar-refractivity contribution in [2.45, 2.75) is 45.8 Å². The largest absolute Gasteiger partial charge is 0.497 e. The van der Waals surface area contributed by atoms with Gasteiger partial charge in [0.15, 0.2) is 0 Å². The zero-order valence-electron chi connectivity index (χ0n) is 20.4. The summed E-state index contributed by atoms with van der Waals surface area (Å²) in [7, 11) is -2.32. The van der Waals surface area contributed by atoms with E-state index in [-0.39, 0.29) is 18.5 Å². The predicted molar refractivity (Wildman–Crippen MR) is 140 cm³/mol. The number of hydrogen-bond acceptors (Lipinski definition) is 5. The van der Waals surface area contributed by atoms with Crippen LogP contribution in [0.3, 0.4) is 0 Å². The van der Waals surface area contributed by atoms with Crippen LogP contribution in [0.15, 0.2) is 42.5 Å². The monoisotopic (exact) mass is 543 g/mol. The van der Waals surface area contributed by atoms with Crippen molar-refractivity contribution < 1.29 is 22.7 Å². The number of hydrogen-bond donors (Lipinski definition) is 1. The van der Waals surface area contributed by atoms with Crippen LogP contribution in [0.4, 0.5) is 5.69 Å². The molecule has 0 aliphatic heterocycles. The standard InChI is InChI=1S/C24H31Cl2N3O5S/c1-6-22(24(31)27-16(2)3)28(14-17-7-8-18(25)13-21(17)26)23(30)15-29(35(5,32)33)19-9-11-20(34-4)12-10-19/h7-13,16,22H,6,14-15H2,1-5H3,(H,27,31)/t22-/m0/s1. The molecule has 0 spiro atoms. The maximum atomic E-state index is 13.6. The van der Waals surface area contributed by atoms with Crippen molar-refractivity contribution in [3.05, 3.63) is 58.1 Å². The molecular weight excluding hydrogens is 513 g/mol. The minimum absolute atomic E-state index is 0.000921. The molecular formula is C24H31Cl2N3O5S. The van der Waals surface area contributed by atoms with Gasteiger partial charge < -0.3 is 15.0 Å². The van der Waals surface area contributed by atoms with Gasteiger partial charge in [0.1, 0.15) is 18.3 Å². The summed E-state index contributed by atoms with van der Waals surface area (Å²) in [6.45, 7) is 4.93. The number of halogens is 2. The second-order valence-electron chi connectivity index (χ2n) is 8.31. The maximum Gasteiger partial charge on any atom is 0.244 e. The minimum atomic E-state index is -3.82. The van der Waals surface area contributed by atoms with Gasteiger partial charge in [0.25, 0.3) is 0 Å². The zero-order valence-corrected chi connectivity index (χ0v) is 22.7. The predicted octanol–water partition coefficient (Wildman–Crippen LogP) is 4.10. The number of amides is 2. The lowest BCUT2D eigenvalue weighted by molar-refractivity contribution is -0.140. The van der Waals surface area contributed by atoms with Gasteiger partial charge in [-0.1, -0.05) is 36.2 Å². The lowest BCUT2D eigenvalue weighted by Crippen LogP contribution is -2.53. The number of carbonyl (C=O) groups excluding carboxylic acids is 2. The summed E-state index contributed by atoms with van der Waals surface area (Å²) >= 11 is 12.4. The number of nitrogens with one attached hydrogen (secondary N) is 1. The normalized spacial score (nSPS) is 12.2. The van der Waals surface area contributed by atoms with E-state index in [9.17, 15) is 18.0 Å². The summed E-state index contributed by atoms with van der Waals surface area (Å²) < 4.78 is 31.4. The van der Waals surface area contributed by atoms with Crippen molar-refractivity contribution >= 4 is 50.7 Å². The van der Waals surface area contributed by atoms with Crippen molar-refractivity contribution in [3.8, 4) is 5.75 Å². The summed E-state index contributed by atoms with van der Waals surface area (Å²) in [5.74, 6) is -0.344. The lowest BCUT2D eigenvalue weighted by Gasteiger charge is -2.33. The van der Waals surface area contributed by atoms with E-state index in [2.05, 4.69) is 5.32 Å². The molecule has 0 fully saturated rings. The fraction of sp³-hybridized carbons (Fsp3) is 0.417. The molecule has 0 radical (unpaired) electrons. The van der Waals surface area contributed by atoms with Crippen LogP contribution in [0.5, 0.6) is 5.75 Å². The Labute approximate surface area is 217 Å². The number of sulfonamides is 1. The molecule has 192 valence electrons. The molecule has 0 saturated carbocycles. The molecule has 2 amide bonds. The minimum Gasteiger partial charge on any atom is -0.497 e. The Morgan fingerprint density at radius 1 is 1.09 bits per heavy atom. The highest BCUT2D eigenvalue weighted by atomic mass is 35.5. The van der Waals surface area contributed by atoms with E-state index in [0.717, 1.165) is 10.6 Å². The number of ether oxygens (including phenoxy) is 1. The Morgan fingerprint density at radius 2 is 1.71 bits per heavy atom. The smallest absolute Gasteiger partial charge is 0.244 e. The van der Waals surface area contributed by atoms with E-state index in [1.807, 2.05) is 13.8 Å². The summed E-state index contributed by atoms with van der Waals surface area (Å²) in [6.07, 6.45) is 1.34. The average Bonchev–Trinajstić information content (AvgIpc) is 2.77. The average molecular weight is 545 g/mol. The molecule has 0 bridgehead atoms. The molecule has 0 aromatic heterocycles. The summed E-state index contributed by atoms with van der Waals surface area (Å²) in [4.78, 5) is 27.9. The molecule has 2 aromatic rings. The highest BCUT2D eigenvalue weighted by Crippen LogP contribution is 2.25. The molecule has 0 aliphatic rings. The first kappa shape index (κ1) is 28.7. The lowest BCUT2D eigenvalue weighted by atomic mass is 10.1. The van der Waals surface area contributed by atoms with Crippen LogP contribution in [0.2, 0.25) is 10.0 Å². The Kier molecular flexibility index (Phi) is 10.2. The molecule has 0 heterocycles. The summed E-state index contributed by atoms with van der Waals surface area (Å²) in [5.41, 5.74) is 0.876. The molecule has 1 N–H and O–H groups in total. The Balaban J connectivity index is 2.46. The van der Waals surface area contributed by atoms with Gasteiger partial charge in [0, 0.05) is 22.6 Å². The molecule has 0 saturated heterocycles. The van der Waals surface area contributed by atoms with Gasteiger partial charge in [-0.3, -0.25) is 13.9 Å². The summed E-state index contributed by atoms with van der Waals surface area (Å²) in [6, 6.07) is 10.2. The van der Waals surface area contributed by atoms with Gasteiger partial charge in [-0.05, 0) is 62.2 Å². The van der Waals surface area contributed by atoms with Crippen molar-refractivity contribution in [2.75, 3.05) is 24.2 Å². The van der Waals surface area contributed by atoms with Gasteiger partial charge >= 0.3 is 0 Å². The second kappa shape index (κ2) is 12.5. The van der Waals surface area contributed by atoms with E-state index in [4.69, 9.17) is 27.9 Å². The molecule has 1 atom stereocenters. The maximum absolute atomic E-state index is 13.6. The van der Waals surface area contributed by atoms with E-state index in [1.165, 1.54) is 12.0 Å². The SMILES string of the molecule is CC[C@@H](C(=O)NC(C)C)N(Cc1ccc(Cl)cc1Cl)C(=O)CN(c1ccc(OC)cc1)S(C)(=O)=O. The molecule has 2 aromatic carbocycles. The van der Waals surface area contributed by atoms with Gasteiger partial charge in [-0.25, -0.2) is 8.42 Å². The Bertz CT molecular complexity index is 1140. The molecule has 0 unspecified atom stereocenters. The third-order valence-corrected chi connectivity index (χ3v) is 6.94. The van der Waals surface area contributed by atoms with Gasteiger partial charge in [-0.15, -0.1) is 0 Å². The molecule has 11 heteroatoms. The first-order chi connectivity index (χ1) is 16.4. The third-order valence-electron chi connectivity index (χ3n) is 5.21. The molecule has 35 heavy (non-hydrogen) atoms. The number of carbonyl (C=O) groups is 2. The van der Waals surface area contributed by atoms with Gasteiger partial charge in [0.2, 0.25) is 21.8 Å². The quantitative estimate of drug-likeness (QED) is 0.460. The number of rotatable bonds is 11. The number of anilines is 1. The van der Waals surface area contributed by atoms with Crippen molar-refractivity contribution in [1.29, 1.82) is 0 Å². The molecule has 8 nitrogen and oxygen atoms in total. The molecule has 0 aliphatic carbocycles. The first-order valence-corrected chi connectivity index (χ1v) is 13.6. The number of benzene rings is 2. The van der Waals surface area contributed by atoms with Crippen molar-refractivity contribution in [1.82, 2.24) is 10.2 Å². The number of nitrogens with zero attached hydrogens (tertiary/aromatic N) is 2. The van der Waals surface area contributed by atoms with Crippen LogP contribution in [-0.2, 0) is 26.2 Å². The fourth-order valence-corrected chi connectivity index (χ4v) is 4.81. The van der Waals surface area contributed by atoms with Crippen LogP contribution >= 0.6 is 23.2 Å². The van der Waals surface area contributed by atoms with Crippen LogP contribution in [0.25, 0.3) is 0 Å².